The first-order valence-corrected chi connectivity index (χ1v) is 23.2. The van der Waals surface area contributed by atoms with Crippen molar-refractivity contribution in [2.45, 2.75) is 257 Å². The molecule has 0 aromatic heterocycles. The highest BCUT2D eigenvalue weighted by atomic mass is 16.5. The van der Waals surface area contributed by atoms with Crippen LogP contribution < -0.4 is 4.74 Å². The molecule has 0 amide bonds. The second kappa shape index (κ2) is 40.3. The Labute approximate surface area is 323 Å². The third kappa shape index (κ3) is 37.9. The van der Waals surface area contributed by atoms with E-state index >= 15 is 0 Å². The fourth-order valence-electron chi connectivity index (χ4n) is 7.58. The van der Waals surface area contributed by atoms with Crippen LogP contribution in [0.2, 0.25) is 0 Å². The molecule has 0 saturated heterocycles. The molecule has 0 heterocycles. The second-order valence-corrected chi connectivity index (χ2v) is 16.1. The van der Waals surface area contributed by atoms with Gasteiger partial charge in [0.15, 0.2) is 0 Å². The van der Waals surface area contributed by atoms with Gasteiger partial charge in [-0.25, -0.2) is 0 Å². The van der Waals surface area contributed by atoms with Gasteiger partial charge in [0.2, 0.25) is 0 Å². The predicted molar refractivity (Wildman–Crippen MR) is 224 cm³/mol. The van der Waals surface area contributed by atoms with Crippen LogP contribution in [0.4, 0.5) is 0 Å². The molecule has 52 heavy (non-hydrogen) atoms. The summed E-state index contributed by atoms with van der Waals surface area (Å²) in [4.78, 5) is 22.4. The van der Waals surface area contributed by atoms with Gasteiger partial charge in [0.05, 0.1) is 0 Å². The van der Waals surface area contributed by atoms with Crippen molar-refractivity contribution in [2.24, 2.45) is 0 Å². The van der Waals surface area contributed by atoms with Gasteiger partial charge in [-0.3, -0.25) is 9.59 Å². The normalized spacial score (nSPS) is 11.3. The molecule has 0 saturated carbocycles. The molecule has 4 nitrogen and oxygen atoms in total. The summed E-state index contributed by atoms with van der Waals surface area (Å²) in [5.74, 6) is -0.103. The maximum atomic E-state index is 11.9. The first-order chi connectivity index (χ1) is 25.7. The lowest BCUT2D eigenvalue weighted by atomic mass is 10.0. The van der Waals surface area contributed by atoms with E-state index < -0.39 is 5.97 Å². The van der Waals surface area contributed by atoms with Crippen molar-refractivity contribution >= 4 is 11.9 Å². The van der Waals surface area contributed by atoms with Gasteiger partial charge in [-0.05, 0) is 25.0 Å². The predicted octanol–water partition coefficient (Wildman–Crippen LogP) is 16.3. The number of carboxylic acids is 1. The van der Waals surface area contributed by atoms with Gasteiger partial charge < -0.3 is 9.84 Å². The van der Waals surface area contributed by atoms with Crippen LogP contribution >= 0.6 is 0 Å². The third-order valence-electron chi connectivity index (χ3n) is 11.0. The molecule has 0 unspecified atom stereocenters. The minimum atomic E-state index is -0.651. The van der Waals surface area contributed by atoms with Crippen LogP contribution in [-0.2, 0) is 9.59 Å². The monoisotopic (exact) mass is 727 g/mol. The molecule has 0 aliphatic carbocycles. The van der Waals surface area contributed by atoms with Gasteiger partial charge in [0, 0.05) is 12.8 Å². The Kier molecular flexibility index (Phi) is 37.4. The Hall–Kier alpha value is -1.84. The van der Waals surface area contributed by atoms with Crippen LogP contribution in [0.3, 0.4) is 0 Å². The van der Waals surface area contributed by atoms with E-state index in [4.69, 9.17) is 9.84 Å². The summed E-state index contributed by atoms with van der Waals surface area (Å²) in [5, 5.41) is 8.66. The lowest BCUT2D eigenvalue weighted by Gasteiger charge is -2.05. The summed E-state index contributed by atoms with van der Waals surface area (Å²) >= 11 is 0. The molecule has 0 radical (unpaired) electrons. The zero-order chi connectivity index (χ0) is 37.3. The molecular weight excluding hydrogens is 641 g/mol. The van der Waals surface area contributed by atoms with E-state index in [1.807, 2.05) is 30.3 Å². The van der Waals surface area contributed by atoms with E-state index in [1.165, 1.54) is 218 Å². The van der Waals surface area contributed by atoms with Crippen molar-refractivity contribution < 1.29 is 19.4 Å². The van der Waals surface area contributed by atoms with Gasteiger partial charge in [0.1, 0.15) is 5.75 Å². The highest BCUT2D eigenvalue weighted by molar-refractivity contribution is 5.72. The van der Waals surface area contributed by atoms with Crippen LogP contribution in [0.1, 0.15) is 257 Å². The second-order valence-electron chi connectivity index (χ2n) is 16.1. The van der Waals surface area contributed by atoms with Crippen molar-refractivity contribution in [3.8, 4) is 5.75 Å². The molecule has 4 heteroatoms. The largest absolute Gasteiger partial charge is 0.481 e. The summed E-state index contributed by atoms with van der Waals surface area (Å²) in [6.45, 7) is 0. The van der Waals surface area contributed by atoms with Crippen molar-refractivity contribution in [3.05, 3.63) is 30.3 Å². The molecule has 0 spiro atoms. The number of aliphatic carboxylic acids is 1. The minimum absolute atomic E-state index is 0.104. The van der Waals surface area contributed by atoms with E-state index in [0.717, 1.165) is 25.7 Å². The number of rotatable bonds is 42. The lowest BCUT2D eigenvalue weighted by molar-refractivity contribution is -0.137. The van der Waals surface area contributed by atoms with Crippen LogP contribution in [-0.4, -0.2) is 17.0 Å². The average Bonchev–Trinajstić information content (AvgIpc) is 3.14. The quantitative estimate of drug-likeness (QED) is 0.0414. The fourth-order valence-corrected chi connectivity index (χ4v) is 7.58. The Morgan fingerprint density at radius 1 is 0.327 bits per heavy atom. The molecule has 1 rings (SSSR count). The lowest BCUT2D eigenvalue weighted by Crippen LogP contribution is -2.07. The van der Waals surface area contributed by atoms with Crippen molar-refractivity contribution in [2.75, 3.05) is 0 Å². The van der Waals surface area contributed by atoms with Crippen molar-refractivity contribution in [1.82, 2.24) is 0 Å². The highest BCUT2D eigenvalue weighted by Crippen LogP contribution is 2.18. The molecular formula is C48H86O4. The summed E-state index contributed by atoms with van der Waals surface area (Å²) in [5.41, 5.74) is 0. The SMILES string of the molecule is O=C(O)CCCCCCCCCCCCCCCCCCCCCCCCCCCCCCCCCCCCCCCCC(=O)Oc1ccccc1. The van der Waals surface area contributed by atoms with Gasteiger partial charge in [-0.1, -0.05) is 249 Å². The van der Waals surface area contributed by atoms with E-state index in [9.17, 15) is 9.59 Å². The third-order valence-corrected chi connectivity index (χ3v) is 11.0. The molecule has 0 bridgehead atoms. The number of unbranched alkanes of at least 4 members (excludes halogenated alkanes) is 37. The molecule has 1 aromatic carbocycles. The first-order valence-electron chi connectivity index (χ1n) is 23.2. The number of esters is 1. The zero-order valence-corrected chi connectivity index (χ0v) is 34.3. The minimum Gasteiger partial charge on any atom is -0.481 e. The van der Waals surface area contributed by atoms with Crippen LogP contribution in [0.25, 0.3) is 0 Å². The Morgan fingerprint density at radius 3 is 0.769 bits per heavy atom. The summed E-state index contributed by atoms with van der Waals surface area (Å²) in [7, 11) is 0. The van der Waals surface area contributed by atoms with Gasteiger partial charge in [0.25, 0.3) is 0 Å². The smallest absolute Gasteiger partial charge is 0.311 e. The fraction of sp³-hybridized carbons (Fsp3) is 0.833. The maximum Gasteiger partial charge on any atom is 0.311 e. The first kappa shape index (κ1) is 48.2. The van der Waals surface area contributed by atoms with Gasteiger partial charge in [-0.2, -0.15) is 0 Å². The number of hydrogen-bond donors (Lipinski definition) is 1. The average molecular weight is 727 g/mol. The molecule has 0 fully saturated rings. The topological polar surface area (TPSA) is 63.6 Å². The van der Waals surface area contributed by atoms with Crippen LogP contribution in [0.5, 0.6) is 5.75 Å². The van der Waals surface area contributed by atoms with Crippen LogP contribution in [0, 0.1) is 0 Å². The van der Waals surface area contributed by atoms with Gasteiger partial charge >= 0.3 is 11.9 Å². The van der Waals surface area contributed by atoms with E-state index in [0.29, 0.717) is 18.6 Å². The molecule has 1 N–H and O–H groups in total. The van der Waals surface area contributed by atoms with Crippen LogP contribution in [0.15, 0.2) is 30.3 Å². The number of hydrogen-bond acceptors (Lipinski definition) is 3. The summed E-state index contributed by atoms with van der Waals surface area (Å²) in [6, 6.07) is 9.38. The van der Waals surface area contributed by atoms with E-state index in [-0.39, 0.29) is 5.97 Å². The molecule has 302 valence electrons. The van der Waals surface area contributed by atoms with E-state index in [2.05, 4.69) is 0 Å². The number of carbonyl (C=O) groups is 2. The number of carboxylic acid groups (broad SMARTS) is 1. The number of carbonyl (C=O) groups excluding carboxylic acids is 1. The highest BCUT2D eigenvalue weighted by Gasteiger charge is 2.04. The standard InChI is InChI=1S/C48H86O4/c49-47(50)44-40-35-33-31-29-27-25-23-21-19-17-15-13-11-9-7-5-3-1-2-4-6-8-10-12-14-16-18-20-22-24-26-28-30-32-34-36-41-45-48(51)52-46-42-38-37-39-43-46/h37-39,42-43H,1-36,40-41,44-45H2,(H,49,50). The zero-order valence-electron chi connectivity index (χ0n) is 34.3. The number of para-hydroxylation sites is 1. The molecule has 0 atom stereocenters. The summed E-state index contributed by atoms with van der Waals surface area (Å²) in [6.07, 6.45) is 52.8. The Balaban J connectivity index is 1.62. The molecule has 0 aliphatic heterocycles. The summed E-state index contributed by atoms with van der Waals surface area (Å²) < 4.78 is 5.35. The van der Waals surface area contributed by atoms with Crippen molar-refractivity contribution in [3.63, 3.8) is 0 Å². The Morgan fingerprint density at radius 2 is 0.538 bits per heavy atom. The van der Waals surface area contributed by atoms with E-state index in [1.54, 1.807) is 0 Å². The maximum absolute atomic E-state index is 11.9. The molecule has 1 aromatic rings. The van der Waals surface area contributed by atoms with Crippen molar-refractivity contribution in [1.29, 1.82) is 0 Å². The number of ether oxygens (including phenoxy) is 1. The Bertz CT molecular complexity index is 868. The number of benzene rings is 1. The van der Waals surface area contributed by atoms with Gasteiger partial charge in [-0.15, -0.1) is 0 Å². The molecule has 0 aliphatic rings.